The number of halogens is 4. The van der Waals surface area contributed by atoms with E-state index < -0.39 is 40.8 Å². The predicted molar refractivity (Wildman–Crippen MR) is 112 cm³/mol. The van der Waals surface area contributed by atoms with E-state index in [0.29, 0.717) is 16.5 Å². The van der Waals surface area contributed by atoms with Crippen molar-refractivity contribution in [1.29, 1.82) is 0 Å². The summed E-state index contributed by atoms with van der Waals surface area (Å²) in [5, 5.41) is 0. The van der Waals surface area contributed by atoms with Crippen molar-refractivity contribution in [3.63, 3.8) is 0 Å². The lowest BCUT2D eigenvalue weighted by Crippen LogP contribution is -2.56. The Balaban J connectivity index is 1.63. The first kappa shape index (κ1) is 22.9. The highest BCUT2D eigenvalue weighted by atomic mass is 32.2. The summed E-state index contributed by atoms with van der Waals surface area (Å²) in [4.78, 5) is 14.6. The highest BCUT2D eigenvalue weighted by Gasteiger charge is 2.49. The molecule has 1 fully saturated rings. The Hall–Kier alpha value is -2.32. The first-order valence-electron chi connectivity index (χ1n) is 9.61. The van der Waals surface area contributed by atoms with Crippen molar-refractivity contribution in [2.75, 3.05) is 30.8 Å². The number of hydrogen-bond donors (Lipinski definition) is 1. The smallest absolute Gasteiger partial charge is 0.274 e. The van der Waals surface area contributed by atoms with Gasteiger partial charge in [-0.15, -0.1) is 0 Å². The van der Waals surface area contributed by atoms with E-state index in [0.717, 1.165) is 17.6 Å². The molecule has 0 spiro atoms. The summed E-state index contributed by atoms with van der Waals surface area (Å²) in [6.07, 6.45) is 2.49. The van der Waals surface area contributed by atoms with E-state index >= 15 is 0 Å². The first-order valence-corrected chi connectivity index (χ1v) is 12.3. The van der Waals surface area contributed by atoms with Crippen LogP contribution < -0.4 is 9.62 Å². The summed E-state index contributed by atoms with van der Waals surface area (Å²) in [5.74, 6) is -4.78. The molecule has 0 saturated carbocycles. The molecule has 2 atom stereocenters. The highest BCUT2D eigenvalue weighted by Crippen LogP contribution is 2.39. The third-order valence-corrected chi connectivity index (χ3v) is 7.06. The first-order chi connectivity index (χ1) is 15.0. The van der Waals surface area contributed by atoms with Crippen LogP contribution in [0.3, 0.4) is 0 Å². The molecule has 2 unspecified atom stereocenters. The summed E-state index contributed by atoms with van der Waals surface area (Å²) < 4.78 is 81.9. The van der Waals surface area contributed by atoms with Gasteiger partial charge in [0.2, 0.25) is 10.0 Å². The molecule has 1 N–H and O–H groups in total. The van der Waals surface area contributed by atoms with Gasteiger partial charge in [0, 0.05) is 37.9 Å². The monoisotopic (exact) mass is 492 g/mol. The molecule has 0 aliphatic carbocycles. The minimum absolute atomic E-state index is 0.00856. The minimum Gasteiger partial charge on any atom is -0.355 e. The maximum absolute atomic E-state index is 14.7. The van der Waals surface area contributed by atoms with Crippen LogP contribution in [-0.4, -0.2) is 59.6 Å². The van der Waals surface area contributed by atoms with Gasteiger partial charge in [-0.2, -0.15) is 0 Å². The summed E-state index contributed by atoms with van der Waals surface area (Å²) in [6.45, 7) is 0.888. The van der Waals surface area contributed by atoms with Crippen molar-refractivity contribution in [1.82, 2.24) is 24.1 Å². The van der Waals surface area contributed by atoms with Gasteiger partial charge in [-0.05, 0) is 6.07 Å². The minimum atomic E-state index is -3.62. The maximum Gasteiger partial charge on any atom is 0.274 e. The Kier molecular flexibility index (Phi) is 5.88. The van der Waals surface area contributed by atoms with E-state index in [2.05, 4.69) is 19.7 Å². The van der Waals surface area contributed by atoms with Crippen LogP contribution >= 0.6 is 11.3 Å². The highest BCUT2D eigenvalue weighted by molar-refractivity contribution is 7.88. The van der Waals surface area contributed by atoms with Crippen LogP contribution in [0.2, 0.25) is 0 Å². The summed E-state index contributed by atoms with van der Waals surface area (Å²) in [7, 11) is -3.62. The summed E-state index contributed by atoms with van der Waals surface area (Å²) in [6, 6.07) is 1.57. The standard InChI is InChI=1S/C18H20F4N6O2S2/c1-10-7-27(8-11(18(10,21)22)5-25-32(2,29)30)14-3-4-23-16(26-14)12-6-24-17-28(12)9-13(31-17)15(19)20/h3-4,6,9-11,15,25H,5,7-8H2,1-2H3. The fraction of sp³-hybridized carbons (Fsp3) is 0.500. The lowest BCUT2D eigenvalue weighted by molar-refractivity contribution is -0.108. The molecule has 0 bridgehead atoms. The van der Waals surface area contributed by atoms with Gasteiger partial charge in [0.25, 0.3) is 12.3 Å². The lowest BCUT2D eigenvalue weighted by atomic mass is 9.86. The number of hydrogen-bond acceptors (Lipinski definition) is 7. The largest absolute Gasteiger partial charge is 0.355 e. The van der Waals surface area contributed by atoms with Crippen LogP contribution in [-0.2, 0) is 10.0 Å². The number of nitrogens with one attached hydrogen (secondary N) is 1. The number of fused-ring (bicyclic) bond motifs is 1. The van der Waals surface area contributed by atoms with Gasteiger partial charge in [0.1, 0.15) is 11.5 Å². The summed E-state index contributed by atoms with van der Waals surface area (Å²) >= 11 is 0.857. The Morgan fingerprint density at radius 2 is 2.06 bits per heavy atom. The molecule has 3 aromatic heterocycles. The van der Waals surface area contributed by atoms with Crippen LogP contribution in [0.1, 0.15) is 18.2 Å². The number of sulfonamides is 1. The number of anilines is 1. The lowest BCUT2D eigenvalue weighted by Gasteiger charge is -2.43. The van der Waals surface area contributed by atoms with Crippen molar-refractivity contribution in [2.45, 2.75) is 19.3 Å². The molecule has 0 amide bonds. The molecule has 4 rings (SSSR count). The van der Waals surface area contributed by atoms with Crippen molar-refractivity contribution in [2.24, 2.45) is 11.8 Å². The molecule has 0 radical (unpaired) electrons. The number of alkyl halides is 4. The van der Waals surface area contributed by atoms with Crippen LogP contribution in [0.4, 0.5) is 23.4 Å². The van der Waals surface area contributed by atoms with Crippen molar-refractivity contribution < 1.29 is 26.0 Å². The zero-order valence-corrected chi connectivity index (χ0v) is 18.7. The molecule has 1 aliphatic rings. The van der Waals surface area contributed by atoms with Crippen LogP contribution in [0, 0.1) is 11.8 Å². The van der Waals surface area contributed by atoms with Gasteiger partial charge in [0.15, 0.2) is 10.8 Å². The quantitative estimate of drug-likeness (QED) is 0.532. The van der Waals surface area contributed by atoms with Crippen molar-refractivity contribution >= 4 is 32.1 Å². The fourth-order valence-electron chi connectivity index (χ4n) is 3.67. The second kappa shape index (κ2) is 8.23. The molecular formula is C18H20F4N6O2S2. The van der Waals surface area contributed by atoms with Gasteiger partial charge in [-0.3, -0.25) is 4.40 Å². The Morgan fingerprint density at radius 3 is 2.75 bits per heavy atom. The molecule has 14 heteroatoms. The third-order valence-electron chi connectivity index (χ3n) is 5.37. The molecule has 0 aromatic carbocycles. The second-order valence-corrected chi connectivity index (χ2v) is 10.6. The van der Waals surface area contributed by atoms with E-state index in [1.165, 1.54) is 29.9 Å². The Bertz CT molecular complexity index is 1230. The number of rotatable bonds is 6. The number of imidazole rings is 1. The van der Waals surface area contributed by atoms with Crippen LogP contribution in [0.15, 0.2) is 24.7 Å². The second-order valence-electron chi connectivity index (χ2n) is 7.77. The Morgan fingerprint density at radius 1 is 1.31 bits per heavy atom. The van der Waals surface area contributed by atoms with Crippen molar-refractivity contribution in [3.8, 4) is 11.5 Å². The predicted octanol–water partition coefficient (Wildman–Crippen LogP) is 3.05. The normalized spacial score (nSPS) is 21.5. The molecule has 1 saturated heterocycles. The fourth-order valence-corrected chi connectivity index (χ4v) is 4.99. The molecule has 4 heterocycles. The van der Waals surface area contributed by atoms with Gasteiger partial charge in [-0.25, -0.2) is 45.7 Å². The molecule has 3 aromatic rings. The van der Waals surface area contributed by atoms with Crippen LogP contribution in [0.5, 0.6) is 0 Å². The Labute approximate surface area is 185 Å². The zero-order chi connectivity index (χ0) is 23.3. The number of nitrogens with zero attached hydrogens (tertiary/aromatic N) is 5. The topological polar surface area (TPSA) is 92.5 Å². The average Bonchev–Trinajstić information content (AvgIpc) is 3.29. The van der Waals surface area contributed by atoms with Crippen LogP contribution in [0.25, 0.3) is 16.5 Å². The zero-order valence-electron chi connectivity index (χ0n) is 17.0. The van der Waals surface area contributed by atoms with Gasteiger partial charge in [-0.1, -0.05) is 18.3 Å². The number of aromatic nitrogens is 4. The maximum atomic E-state index is 14.7. The molecular weight excluding hydrogens is 472 g/mol. The van der Waals surface area contributed by atoms with E-state index in [1.54, 1.807) is 11.0 Å². The number of piperidine rings is 1. The molecule has 8 nitrogen and oxygen atoms in total. The van der Waals surface area contributed by atoms with Gasteiger partial charge in [0.05, 0.1) is 23.2 Å². The summed E-state index contributed by atoms with van der Waals surface area (Å²) in [5.41, 5.74) is 0.399. The van der Waals surface area contributed by atoms with E-state index in [9.17, 15) is 26.0 Å². The average molecular weight is 493 g/mol. The van der Waals surface area contributed by atoms with E-state index in [4.69, 9.17) is 0 Å². The number of thiazole rings is 1. The van der Waals surface area contributed by atoms with Gasteiger partial charge < -0.3 is 4.90 Å². The molecule has 1 aliphatic heterocycles. The SMILES string of the molecule is CC1CN(c2ccnc(-c3cnc4sc(C(F)F)cn34)n2)CC(CNS(C)(=O)=O)C1(F)F. The van der Waals surface area contributed by atoms with E-state index in [-0.39, 0.29) is 23.8 Å². The third kappa shape index (κ3) is 4.43. The van der Waals surface area contributed by atoms with E-state index in [1.807, 2.05) is 0 Å². The molecule has 174 valence electrons. The molecule has 32 heavy (non-hydrogen) atoms. The van der Waals surface area contributed by atoms with Crippen molar-refractivity contribution in [3.05, 3.63) is 29.5 Å². The van der Waals surface area contributed by atoms with Gasteiger partial charge >= 0.3 is 0 Å².